The van der Waals surface area contributed by atoms with Crippen molar-refractivity contribution in [3.63, 3.8) is 0 Å². The zero-order chi connectivity index (χ0) is 14.5. The van der Waals surface area contributed by atoms with Crippen LogP contribution in [0.5, 0.6) is 0 Å². The van der Waals surface area contributed by atoms with E-state index in [4.69, 9.17) is 0 Å². The zero-order valence-electron chi connectivity index (χ0n) is 11.5. The Balaban J connectivity index is 2.33. The van der Waals surface area contributed by atoms with Crippen molar-refractivity contribution in [2.24, 2.45) is 0 Å². The van der Waals surface area contributed by atoms with Crippen molar-refractivity contribution < 1.29 is 4.79 Å². The molecule has 0 aliphatic rings. The van der Waals surface area contributed by atoms with Gasteiger partial charge < -0.3 is 4.90 Å². The third-order valence-electron chi connectivity index (χ3n) is 3.06. The standard InChI is InChI=1S/C16H15N3O/c1-12(20)13-6-7-14(10-17)16(9-13)19(2)11-15-5-3-4-8-18-15/h3-9H,11H2,1-2H3. The van der Waals surface area contributed by atoms with E-state index in [1.165, 1.54) is 6.92 Å². The lowest BCUT2D eigenvalue weighted by Crippen LogP contribution is -2.18. The number of anilines is 1. The molecule has 0 saturated carbocycles. The lowest BCUT2D eigenvalue weighted by molar-refractivity contribution is 0.101. The normalized spacial score (nSPS) is 9.85. The van der Waals surface area contributed by atoms with Crippen LogP contribution in [0.1, 0.15) is 28.5 Å². The van der Waals surface area contributed by atoms with Crippen LogP contribution in [0.4, 0.5) is 5.69 Å². The Hall–Kier alpha value is -2.67. The summed E-state index contributed by atoms with van der Waals surface area (Å²) in [4.78, 5) is 17.7. The summed E-state index contributed by atoms with van der Waals surface area (Å²) in [5.41, 5.74) is 2.80. The average molecular weight is 265 g/mol. The van der Waals surface area contributed by atoms with Gasteiger partial charge in [-0.3, -0.25) is 9.78 Å². The van der Waals surface area contributed by atoms with Gasteiger partial charge in [-0.05, 0) is 37.3 Å². The second-order valence-electron chi connectivity index (χ2n) is 4.58. The van der Waals surface area contributed by atoms with Crippen molar-refractivity contribution in [1.82, 2.24) is 4.98 Å². The first-order chi connectivity index (χ1) is 9.61. The number of ketones is 1. The molecule has 0 saturated heterocycles. The van der Waals surface area contributed by atoms with Crippen molar-refractivity contribution in [2.75, 3.05) is 11.9 Å². The maximum Gasteiger partial charge on any atom is 0.159 e. The van der Waals surface area contributed by atoms with Crippen LogP contribution in [0, 0.1) is 11.3 Å². The van der Waals surface area contributed by atoms with Gasteiger partial charge in [-0.25, -0.2) is 0 Å². The highest BCUT2D eigenvalue weighted by Gasteiger charge is 2.11. The van der Waals surface area contributed by atoms with Crippen LogP contribution < -0.4 is 4.90 Å². The van der Waals surface area contributed by atoms with Crippen molar-refractivity contribution in [3.8, 4) is 6.07 Å². The van der Waals surface area contributed by atoms with Crippen molar-refractivity contribution in [3.05, 3.63) is 59.4 Å². The summed E-state index contributed by atoms with van der Waals surface area (Å²) >= 11 is 0. The summed E-state index contributed by atoms with van der Waals surface area (Å²) in [7, 11) is 1.88. The first-order valence-electron chi connectivity index (χ1n) is 6.28. The summed E-state index contributed by atoms with van der Waals surface area (Å²) in [6.45, 7) is 2.10. The van der Waals surface area contributed by atoms with E-state index in [0.29, 0.717) is 17.7 Å². The van der Waals surface area contributed by atoms with Crippen molar-refractivity contribution in [1.29, 1.82) is 5.26 Å². The number of rotatable bonds is 4. The van der Waals surface area contributed by atoms with Gasteiger partial charge in [-0.2, -0.15) is 5.26 Å². The van der Waals surface area contributed by atoms with Gasteiger partial charge in [-0.15, -0.1) is 0 Å². The number of pyridine rings is 1. The second-order valence-corrected chi connectivity index (χ2v) is 4.58. The van der Waals surface area contributed by atoms with Crippen LogP contribution >= 0.6 is 0 Å². The maximum absolute atomic E-state index is 11.5. The number of aromatic nitrogens is 1. The van der Waals surface area contributed by atoms with Crippen LogP contribution in [0.3, 0.4) is 0 Å². The van der Waals surface area contributed by atoms with Gasteiger partial charge in [0.1, 0.15) is 6.07 Å². The molecule has 4 nitrogen and oxygen atoms in total. The van der Waals surface area contributed by atoms with E-state index in [0.717, 1.165) is 11.4 Å². The molecule has 1 aromatic carbocycles. The lowest BCUT2D eigenvalue weighted by atomic mass is 10.1. The predicted octanol–water partition coefficient (Wildman–Crippen LogP) is 2.79. The van der Waals surface area contributed by atoms with Gasteiger partial charge in [0, 0.05) is 18.8 Å². The third-order valence-corrected chi connectivity index (χ3v) is 3.06. The molecule has 2 rings (SSSR count). The molecule has 20 heavy (non-hydrogen) atoms. The number of benzene rings is 1. The Morgan fingerprint density at radius 1 is 1.35 bits per heavy atom. The van der Waals surface area contributed by atoms with E-state index < -0.39 is 0 Å². The fraction of sp³-hybridized carbons (Fsp3) is 0.188. The molecule has 0 amide bonds. The molecular weight excluding hydrogens is 250 g/mol. The monoisotopic (exact) mass is 265 g/mol. The molecule has 100 valence electrons. The van der Waals surface area contributed by atoms with E-state index in [-0.39, 0.29) is 5.78 Å². The predicted molar refractivity (Wildman–Crippen MR) is 77.5 cm³/mol. The summed E-state index contributed by atoms with van der Waals surface area (Å²) < 4.78 is 0. The minimum atomic E-state index is -0.0121. The first-order valence-corrected chi connectivity index (χ1v) is 6.28. The Morgan fingerprint density at radius 2 is 2.15 bits per heavy atom. The number of carbonyl (C=O) groups is 1. The second kappa shape index (κ2) is 5.98. The zero-order valence-corrected chi connectivity index (χ0v) is 11.5. The van der Waals surface area contributed by atoms with Crippen molar-refractivity contribution >= 4 is 11.5 Å². The molecule has 1 aromatic heterocycles. The van der Waals surface area contributed by atoms with E-state index >= 15 is 0 Å². The molecule has 0 radical (unpaired) electrons. The quantitative estimate of drug-likeness (QED) is 0.798. The SMILES string of the molecule is CC(=O)c1ccc(C#N)c(N(C)Cc2ccccn2)c1. The van der Waals surface area contributed by atoms with Crippen LogP contribution in [0.15, 0.2) is 42.6 Å². The van der Waals surface area contributed by atoms with Gasteiger partial charge in [0.15, 0.2) is 5.78 Å². The lowest BCUT2D eigenvalue weighted by Gasteiger charge is -2.20. The first kappa shape index (κ1) is 13.8. The summed E-state index contributed by atoms with van der Waals surface area (Å²) in [6, 6.07) is 13.0. The summed E-state index contributed by atoms with van der Waals surface area (Å²) in [5, 5.41) is 9.19. The van der Waals surface area contributed by atoms with Crippen LogP contribution in [0.25, 0.3) is 0 Å². The van der Waals surface area contributed by atoms with E-state index in [2.05, 4.69) is 11.1 Å². The number of nitriles is 1. The molecule has 2 aromatic rings. The molecule has 0 spiro atoms. The molecule has 0 aliphatic heterocycles. The molecule has 1 heterocycles. The minimum absolute atomic E-state index is 0.0121. The van der Waals surface area contributed by atoms with E-state index in [1.807, 2.05) is 30.1 Å². The Morgan fingerprint density at radius 3 is 2.75 bits per heavy atom. The van der Waals surface area contributed by atoms with Gasteiger partial charge >= 0.3 is 0 Å². The molecule has 0 bridgehead atoms. The van der Waals surface area contributed by atoms with E-state index in [1.54, 1.807) is 24.4 Å². The minimum Gasteiger partial charge on any atom is -0.368 e. The number of Topliss-reactive ketones (excluding diaryl/α,β-unsaturated/α-hetero) is 1. The highest BCUT2D eigenvalue weighted by Crippen LogP contribution is 2.22. The Labute approximate surface area is 118 Å². The fourth-order valence-corrected chi connectivity index (χ4v) is 1.98. The van der Waals surface area contributed by atoms with Crippen LogP contribution in [0.2, 0.25) is 0 Å². The molecule has 0 atom stereocenters. The fourth-order valence-electron chi connectivity index (χ4n) is 1.98. The molecule has 4 heteroatoms. The highest BCUT2D eigenvalue weighted by molar-refractivity contribution is 5.95. The van der Waals surface area contributed by atoms with Gasteiger partial charge in [-0.1, -0.05) is 6.07 Å². The number of hydrogen-bond acceptors (Lipinski definition) is 4. The van der Waals surface area contributed by atoms with Crippen molar-refractivity contribution in [2.45, 2.75) is 13.5 Å². The molecular formula is C16H15N3O. The smallest absolute Gasteiger partial charge is 0.159 e. The van der Waals surface area contributed by atoms with Gasteiger partial charge in [0.25, 0.3) is 0 Å². The van der Waals surface area contributed by atoms with Gasteiger partial charge in [0.2, 0.25) is 0 Å². The Bertz CT molecular complexity index is 659. The summed E-state index contributed by atoms with van der Waals surface area (Å²) in [5.74, 6) is -0.0121. The largest absolute Gasteiger partial charge is 0.368 e. The van der Waals surface area contributed by atoms with Crippen LogP contribution in [-0.2, 0) is 6.54 Å². The third kappa shape index (κ3) is 3.01. The maximum atomic E-state index is 11.5. The number of carbonyl (C=O) groups excluding carboxylic acids is 1. The molecule has 0 fully saturated rings. The molecule has 0 unspecified atom stereocenters. The van der Waals surface area contributed by atoms with Crippen LogP contribution in [-0.4, -0.2) is 17.8 Å². The highest BCUT2D eigenvalue weighted by atomic mass is 16.1. The Kier molecular flexibility index (Phi) is 4.11. The molecule has 0 aliphatic carbocycles. The number of hydrogen-bond donors (Lipinski definition) is 0. The van der Waals surface area contributed by atoms with E-state index in [9.17, 15) is 10.1 Å². The average Bonchev–Trinajstić information content (AvgIpc) is 2.47. The summed E-state index contributed by atoms with van der Waals surface area (Å²) in [6.07, 6.45) is 1.74. The topological polar surface area (TPSA) is 57.0 Å². The van der Waals surface area contributed by atoms with Gasteiger partial charge in [0.05, 0.1) is 23.5 Å². The molecule has 0 N–H and O–H groups in total. The number of nitrogens with zero attached hydrogens (tertiary/aromatic N) is 3.